The molecule has 3 nitrogen and oxygen atoms in total. The highest BCUT2D eigenvalue weighted by atomic mass is 19.1. The van der Waals surface area contributed by atoms with Crippen molar-refractivity contribution >= 4 is 0 Å². The molecule has 1 fully saturated rings. The maximum absolute atomic E-state index is 13.7. The molecule has 3 atom stereocenters. The Balaban J connectivity index is 2.01. The average molecular weight is 280 g/mol. The molecule has 0 saturated heterocycles. The van der Waals surface area contributed by atoms with Crippen molar-refractivity contribution in [2.45, 2.75) is 45.1 Å². The van der Waals surface area contributed by atoms with E-state index in [9.17, 15) is 4.39 Å². The van der Waals surface area contributed by atoms with Gasteiger partial charge in [-0.1, -0.05) is 25.8 Å². The molecular formula is C16H25FN2O. The minimum atomic E-state index is -0.307. The molecule has 0 spiro atoms. The Labute approximate surface area is 120 Å². The largest absolute Gasteiger partial charge is 0.494 e. The van der Waals surface area contributed by atoms with Gasteiger partial charge in [0.1, 0.15) is 0 Å². The number of benzene rings is 1. The average Bonchev–Trinajstić information content (AvgIpc) is 2.93. The molecule has 0 heterocycles. The van der Waals surface area contributed by atoms with Crippen LogP contribution in [0.2, 0.25) is 0 Å². The third-order valence-electron chi connectivity index (χ3n) is 4.61. The smallest absolute Gasteiger partial charge is 0.165 e. The first kappa shape index (κ1) is 15.3. The summed E-state index contributed by atoms with van der Waals surface area (Å²) in [6.45, 7) is 2.25. The molecule has 0 aromatic heterocycles. The molecule has 20 heavy (non-hydrogen) atoms. The SMILES string of the molecule is CCC1CCC(C(Cc2ccc(OC)c(F)c2)NN)C1. The number of nitrogens with two attached hydrogens (primary N) is 1. The number of methoxy groups -OCH3 is 1. The van der Waals surface area contributed by atoms with Crippen LogP contribution in [-0.2, 0) is 6.42 Å². The standard InChI is InChI=1S/C16H25FN2O/c1-3-11-4-6-13(8-11)15(19-18)10-12-5-7-16(20-2)14(17)9-12/h5,7,9,11,13,15,19H,3-4,6,8,10,18H2,1-2H3. The first-order valence-corrected chi connectivity index (χ1v) is 7.46. The van der Waals surface area contributed by atoms with E-state index in [1.807, 2.05) is 6.07 Å². The van der Waals surface area contributed by atoms with Gasteiger partial charge in [0, 0.05) is 6.04 Å². The topological polar surface area (TPSA) is 47.3 Å². The molecular weight excluding hydrogens is 255 g/mol. The Kier molecular flexibility index (Phi) is 5.38. The number of hydrogen-bond donors (Lipinski definition) is 2. The van der Waals surface area contributed by atoms with E-state index in [-0.39, 0.29) is 17.6 Å². The number of rotatable bonds is 6. The molecule has 112 valence electrons. The van der Waals surface area contributed by atoms with E-state index in [0.29, 0.717) is 5.92 Å². The zero-order chi connectivity index (χ0) is 14.5. The van der Waals surface area contributed by atoms with Gasteiger partial charge in [-0.2, -0.15) is 0 Å². The molecule has 1 aromatic rings. The Morgan fingerprint density at radius 1 is 1.45 bits per heavy atom. The molecule has 3 unspecified atom stereocenters. The van der Waals surface area contributed by atoms with E-state index < -0.39 is 0 Å². The summed E-state index contributed by atoms with van der Waals surface area (Å²) in [5.41, 5.74) is 3.90. The fourth-order valence-electron chi connectivity index (χ4n) is 3.30. The predicted molar refractivity (Wildman–Crippen MR) is 78.9 cm³/mol. The van der Waals surface area contributed by atoms with Crippen molar-refractivity contribution in [1.29, 1.82) is 0 Å². The lowest BCUT2D eigenvalue weighted by Gasteiger charge is -2.23. The molecule has 0 radical (unpaired) electrons. The number of halogens is 1. The summed E-state index contributed by atoms with van der Waals surface area (Å²) in [7, 11) is 1.48. The second kappa shape index (κ2) is 7.04. The van der Waals surface area contributed by atoms with Gasteiger partial charge in [0.25, 0.3) is 0 Å². The number of hydrazine groups is 1. The molecule has 0 aliphatic heterocycles. The van der Waals surface area contributed by atoms with Crippen molar-refractivity contribution in [2.75, 3.05) is 7.11 Å². The van der Waals surface area contributed by atoms with Crippen molar-refractivity contribution in [2.24, 2.45) is 17.7 Å². The lowest BCUT2D eigenvalue weighted by atomic mass is 9.91. The molecule has 4 heteroatoms. The summed E-state index contributed by atoms with van der Waals surface area (Å²) in [4.78, 5) is 0. The maximum atomic E-state index is 13.7. The van der Waals surface area contributed by atoms with Gasteiger partial charge in [-0.05, 0) is 48.8 Å². The fraction of sp³-hybridized carbons (Fsp3) is 0.625. The minimum Gasteiger partial charge on any atom is -0.494 e. The van der Waals surface area contributed by atoms with Crippen LogP contribution in [-0.4, -0.2) is 13.2 Å². The van der Waals surface area contributed by atoms with Crippen molar-refractivity contribution in [3.8, 4) is 5.75 Å². The predicted octanol–water partition coefficient (Wildman–Crippen LogP) is 3.04. The molecule has 0 amide bonds. The van der Waals surface area contributed by atoms with Crippen molar-refractivity contribution in [3.05, 3.63) is 29.6 Å². The summed E-state index contributed by atoms with van der Waals surface area (Å²) in [6, 6.07) is 5.37. The van der Waals surface area contributed by atoms with E-state index in [2.05, 4.69) is 12.3 Å². The van der Waals surface area contributed by atoms with Gasteiger partial charge in [-0.3, -0.25) is 11.3 Å². The lowest BCUT2D eigenvalue weighted by molar-refractivity contribution is 0.346. The zero-order valence-corrected chi connectivity index (χ0v) is 12.4. The Morgan fingerprint density at radius 3 is 2.80 bits per heavy atom. The first-order valence-electron chi connectivity index (χ1n) is 7.46. The van der Waals surface area contributed by atoms with Crippen LogP contribution in [0.25, 0.3) is 0 Å². The van der Waals surface area contributed by atoms with Gasteiger partial charge in [0.2, 0.25) is 0 Å². The highest BCUT2D eigenvalue weighted by molar-refractivity contribution is 5.29. The highest BCUT2D eigenvalue weighted by Gasteiger charge is 2.29. The molecule has 1 aliphatic carbocycles. The van der Waals surface area contributed by atoms with E-state index in [1.165, 1.54) is 32.8 Å². The van der Waals surface area contributed by atoms with Crippen LogP contribution >= 0.6 is 0 Å². The number of ether oxygens (including phenoxy) is 1. The Hall–Kier alpha value is -1.13. The van der Waals surface area contributed by atoms with Crippen molar-refractivity contribution in [1.82, 2.24) is 5.43 Å². The van der Waals surface area contributed by atoms with Crippen LogP contribution < -0.4 is 16.0 Å². The van der Waals surface area contributed by atoms with Gasteiger partial charge in [0.15, 0.2) is 11.6 Å². The van der Waals surface area contributed by atoms with E-state index >= 15 is 0 Å². The van der Waals surface area contributed by atoms with Crippen LogP contribution in [0.1, 0.15) is 38.2 Å². The quantitative estimate of drug-likeness (QED) is 0.622. The Bertz CT molecular complexity index is 438. The summed E-state index contributed by atoms with van der Waals surface area (Å²) >= 11 is 0. The molecule has 1 aromatic carbocycles. The highest BCUT2D eigenvalue weighted by Crippen LogP contribution is 2.35. The summed E-state index contributed by atoms with van der Waals surface area (Å²) < 4.78 is 18.7. The summed E-state index contributed by atoms with van der Waals surface area (Å²) in [6.07, 6.45) is 5.73. The number of nitrogens with one attached hydrogen (secondary N) is 1. The second-order valence-corrected chi connectivity index (χ2v) is 5.79. The monoisotopic (exact) mass is 280 g/mol. The molecule has 3 N–H and O–H groups in total. The maximum Gasteiger partial charge on any atom is 0.165 e. The molecule has 2 rings (SSSR count). The molecule has 1 saturated carbocycles. The van der Waals surface area contributed by atoms with Gasteiger partial charge in [-0.25, -0.2) is 4.39 Å². The van der Waals surface area contributed by atoms with Gasteiger partial charge < -0.3 is 4.74 Å². The van der Waals surface area contributed by atoms with Crippen LogP contribution in [0.15, 0.2) is 18.2 Å². The summed E-state index contributed by atoms with van der Waals surface area (Å²) in [5.74, 6) is 7.11. The lowest BCUT2D eigenvalue weighted by Crippen LogP contribution is -2.41. The minimum absolute atomic E-state index is 0.222. The Morgan fingerprint density at radius 2 is 2.25 bits per heavy atom. The van der Waals surface area contributed by atoms with Crippen molar-refractivity contribution in [3.63, 3.8) is 0 Å². The molecule has 1 aliphatic rings. The van der Waals surface area contributed by atoms with Gasteiger partial charge >= 0.3 is 0 Å². The van der Waals surface area contributed by atoms with Crippen molar-refractivity contribution < 1.29 is 9.13 Å². The van der Waals surface area contributed by atoms with Gasteiger partial charge in [-0.15, -0.1) is 0 Å². The zero-order valence-electron chi connectivity index (χ0n) is 12.4. The fourth-order valence-corrected chi connectivity index (χ4v) is 3.30. The van der Waals surface area contributed by atoms with Crippen LogP contribution in [0, 0.1) is 17.7 Å². The van der Waals surface area contributed by atoms with E-state index in [4.69, 9.17) is 10.6 Å². The van der Waals surface area contributed by atoms with Crippen LogP contribution in [0.5, 0.6) is 5.75 Å². The third kappa shape index (κ3) is 3.49. The van der Waals surface area contributed by atoms with E-state index in [0.717, 1.165) is 17.9 Å². The summed E-state index contributed by atoms with van der Waals surface area (Å²) in [5, 5.41) is 0. The van der Waals surface area contributed by atoms with Gasteiger partial charge in [0.05, 0.1) is 7.11 Å². The first-order chi connectivity index (χ1) is 9.67. The van der Waals surface area contributed by atoms with Crippen LogP contribution in [0.4, 0.5) is 4.39 Å². The molecule has 0 bridgehead atoms. The second-order valence-electron chi connectivity index (χ2n) is 5.79. The number of hydrogen-bond acceptors (Lipinski definition) is 3. The van der Waals surface area contributed by atoms with E-state index in [1.54, 1.807) is 12.1 Å². The van der Waals surface area contributed by atoms with Crippen LogP contribution in [0.3, 0.4) is 0 Å². The normalized spacial score (nSPS) is 23.8. The third-order valence-corrected chi connectivity index (χ3v) is 4.61.